The van der Waals surface area contributed by atoms with E-state index in [2.05, 4.69) is 0 Å². The zero-order chi connectivity index (χ0) is 26.2. The van der Waals surface area contributed by atoms with Gasteiger partial charge in [-0.1, -0.05) is 0 Å². The molecule has 35 heavy (non-hydrogen) atoms. The van der Waals surface area contributed by atoms with Crippen LogP contribution in [0.25, 0.3) is 0 Å². The third kappa shape index (κ3) is 4.74. The minimum absolute atomic E-state index is 0.0961. The highest BCUT2D eigenvalue weighted by atomic mass is 16.5. The highest BCUT2D eigenvalue weighted by Gasteiger charge is 2.26. The number of carboxylic acids is 1. The molecule has 0 aliphatic rings. The smallest absolute Gasteiger partial charge is 0.347 e. The molecule has 0 heterocycles. The van der Waals surface area contributed by atoms with Crippen molar-refractivity contribution in [3.05, 3.63) is 63.7 Å². The molecule has 0 atom stereocenters. The van der Waals surface area contributed by atoms with Crippen molar-refractivity contribution in [3.63, 3.8) is 0 Å². The minimum atomic E-state index is -1.52. The predicted molar refractivity (Wildman–Crippen MR) is 119 cm³/mol. The fraction of sp³-hybridized carbons (Fsp3) is 0.125. The SMILES string of the molecule is Cc1cc(O)cc(O)c1C(=O)Oc1cc(C)c(C(=O)Oc2c(O)cc(O)c(C(=O)O)c2C)c(O)c1. The van der Waals surface area contributed by atoms with Crippen molar-refractivity contribution in [2.24, 2.45) is 0 Å². The molecule has 0 aliphatic heterocycles. The predicted octanol–water partition coefficient (Wildman–Crippen LogP) is 3.28. The number of carbonyl (C=O) groups is 3. The van der Waals surface area contributed by atoms with Crippen LogP contribution in [0.2, 0.25) is 0 Å². The number of rotatable bonds is 5. The molecule has 0 unspecified atom stereocenters. The Morgan fingerprint density at radius 3 is 1.69 bits per heavy atom. The summed E-state index contributed by atoms with van der Waals surface area (Å²) in [6.07, 6.45) is 0. The number of aryl methyl sites for hydroxylation is 2. The van der Waals surface area contributed by atoms with Gasteiger partial charge >= 0.3 is 17.9 Å². The largest absolute Gasteiger partial charge is 0.508 e. The molecule has 0 amide bonds. The third-order valence-corrected chi connectivity index (χ3v) is 5.09. The first-order valence-electron chi connectivity index (χ1n) is 9.91. The van der Waals surface area contributed by atoms with Gasteiger partial charge in [0.05, 0.1) is 0 Å². The van der Waals surface area contributed by atoms with Crippen LogP contribution in [0.15, 0.2) is 30.3 Å². The maximum Gasteiger partial charge on any atom is 0.347 e. The van der Waals surface area contributed by atoms with Crippen LogP contribution in [-0.2, 0) is 0 Å². The van der Waals surface area contributed by atoms with E-state index in [0.29, 0.717) is 6.07 Å². The van der Waals surface area contributed by atoms with Crippen LogP contribution in [0, 0.1) is 20.8 Å². The summed E-state index contributed by atoms with van der Waals surface area (Å²) in [5, 5.41) is 58.9. The van der Waals surface area contributed by atoms with E-state index < -0.39 is 52.2 Å². The lowest BCUT2D eigenvalue weighted by molar-refractivity contribution is 0.0679. The van der Waals surface area contributed by atoms with Gasteiger partial charge in [-0.3, -0.25) is 0 Å². The second-order valence-corrected chi connectivity index (χ2v) is 7.62. The molecule has 0 aliphatic carbocycles. The summed E-state index contributed by atoms with van der Waals surface area (Å²) in [6.45, 7) is 4.07. The number of esters is 2. The summed E-state index contributed by atoms with van der Waals surface area (Å²) in [5.74, 6) is -7.22. The van der Waals surface area contributed by atoms with Gasteiger partial charge in [0.1, 0.15) is 45.4 Å². The standard InChI is InChI=1S/C24H20O11/c1-9-4-12(25)6-14(26)18(9)23(32)34-13-5-10(2)19(15(27)7-13)24(33)35-21-11(3)20(22(30)31)16(28)8-17(21)29/h4-8,25-29H,1-3H3,(H,30,31). The molecule has 182 valence electrons. The minimum Gasteiger partial charge on any atom is -0.508 e. The van der Waals surface area contributed by atoms with E-state index in [4.69, 9.17) is 9.47 Å². The van der Waals surface area contributed by atoms with Gasteiger partial charge in [-0.05, 0) is 44.0 Å². The lowest BCUT2D eigenvalue weighted by Crippen LogP contribution is -2.14. The summed E-state index contributed by atoms with van der Waals surface area (Å²) in [4.78, 5) is 36.6. The third-order valence-electron chi connectivity index (χ3n) is 5.09. The van der Waals surface area contributed by atoms with Crippen molar-refractivity contribution >= 4 is 17.9 Å². The number of ether oxygens (including phenoxy) is 2. The van der Waals surface area contributed by atoms with Crippen LogP contribution < -0.4 is 9.47 Å². The molecule has 11 nitrogen and oxygen atoms in total. The van der Waals surface area contributed by atoms with Crippen LogP contribution in [0.1, 0.15) is 47.8 Å². The van der Waals surface area contributed by atoms with Crippen molar-refractivity contribution < 1.29 is 54.5 Å². The second kappa shape index (κ2) is 9.14. The second-order valence-electron chi connectivity index (χ2n) is 7.62. The van der Waals surface area contributed by atoms with Crippen molar-refractivity contribution in [1.29, 1.82) is 0 Å². The zero-order valence-corrected chi connectivity index (χ0v) is 18.6. The number of phenolic OH excluding ortho intramolecular Hbond substituents is 4. The molecule has 0 fully saturated rings. The van der Waals surface area contributed by atoms with Crippen molar-refractivity contribution in [2.75, 3.05) is 0 Å². The number of carbonyl (C=O) groups excluding carboxylic acids is 2. The number of carboxylic acid groups (broad SMARTS) is 1. The number of aromatic carboxylic acids is 1. The van der Waals surface area contributed by atoms with Crippen molar-refractivity contribution in [1.82, 2.24) is 0 Å². The Labute approximate surface area is 197 Å². The fourth-order valence-electron chi connectivity index (χ4n) is 3.54. The van der Waals surface area contributed by atoms with Gasteiger partial charge in [0, 0.05) is 23.8 Å². The van der Waals surface area contributed by atoms with E-state index in [1.165, 1.54) is 32.9 Å². The van der Waals surface area contributed by atoms with Gasteiger partial charge in [-0.25, -0.2) is 14.4 Å². The van der Waals surface area contributed by atoms with Gasteiger partial charge in [0.15, 0.2) is 11.5 Å². The molecule has 3 aromatic carbocycles. The topological polar surface area (TPSA) is 191 Å². The number of benzene rings is 3. The normalized spacial score (nSPS) is 10.6. The lowest BCUT2D eigenvalue weighted by Gasteiger charge is -2.15. The maximum absolute atomic E-state index is 12.7. The van der Waals surface area contributed by atoms with Crippen LogP contribution in [-0.4, -0.2) is 48.5 Å². The number of aromatic hydroxyl groups is 5. The maximum atomic E-state index is 12.7. The molecular formula is C24H20O11. The van der Waals surface area contributed by atoms with E-state index in [0.717, 1.165) is 12.1 Å². The summed E-state index contributed by atoms with van der Waals surface area (Å²) in [6, 6.07) is 5.08. The van der Waals surface area contributed by atoms with Gasteiger partial charge in [0.25, 0.3) is 0 Å². The first kappa shape index (κ1) is 24.7. The van der Waals surface area contributed by atoms with E-state index in [1.807, 2.05) is 0 Å². The fourth-order valence-corrected chi connectivity index (χ4v) is 3.54. The average molecular weight is 484 g/mol. The number of phenols is 5. The quantitative estimate of drug-likeness (QED) is 0.230. The Bertz CT molecular complexity index is 1340. The first-order chi connectivity index (χ1) is 16.3. The molecule has 6 N–H and O–H groups in total. The summed E-state index contributed by atoms with van der Waals surface area (Å²) >= 11 is 0. The van der Waals surface area contributed by atoms with Gasteiger partial charge in [-0.2, -0.15) is 0 Å². The van der Waals surface area contributed by atoms with Crippen LogP contribution in [0.5, 0.6) is 40.2 Å². The summed E-state index contributed by atoms with van der Waals surface area (Å²) in [7, 11) is 0. The summed E-state index contributed by atoms with van der Waals surface area (Å²) < 4.78 is 10.3. The van der Waals surface area contributed by atoms with Gasteiger partial charge in [0.2, 0.25) is 0 Å². The summed E-state index contributed by atoms with van der Waals surface area (Å²) in [5.41, 5.74) is -1.05. The Balaban J connectivity index is 1.91. The Hall–Kier alpha value is -4.93. The van der Waals surface area contributed by atoms with Crippen LogP contribution >= 0.6 is 0 Å². The molecule has 0 saturated carbocycles. The van der Waals surface area contributed by atoms with Gasteiger partial charge < -0.3 is 40.1 Å². The van der Waals surface area contributed by atoms with Gasteiger partial charge in [-0.15, -0.1) is 0 Å². The lowest BCUT2D eigenvalue weighted by atomic mass is 10.0. The molecule has 3 rings (SSSR count). The molecule has 0 radical (unpaired) electrons. The number of hydrogen-bond acceptors (Lipinski definition) is 10. The first-order valence-corrected chi connectivity index (χ1v) is 9.91. The monoisotopic (exact) mass is 484 g/mol. The van der Waals surface area contributed by atoms with Crippen molar-refractivity contribution in [3.8, 4) is 40.2 Å². The van der Waals surface area contributed by atoms with E-state index in [-0.39, 0.29) is 39.3 Å². The Kier molecular flexibility index (Phi) is 6.45. The molecule has 0 saturated heterocycles. The van der Waals surface area contributed by atoms with Crippen LogP contribution in [0.4, 0.5) is 0 Å². The average Bonchev–Trinajstić information content (AvgIpc) is 2.69. The molecule has 0 aromatic heterocycles. The Morgan fingerprint density at radius 1 is 0.629 bits per heavy atom. The zero-order valence-electron chi connectivity index (χ0n) is 18.6. The van der Waals surface area contributed by atoms with E-state index in [9.17, 15) is 45.0 Å². The molecule has 11 heteroatoms. The highest BCUT2D eigenvalue weighted by molar-refractivity contribution is 5.99. The highest BCUT2D eigenvalue weighted by Crippen LogP contribution is 2.39. The number of hydrogen-bond donors (Lipinski definition) is 6. The molecular weight excluding hydrogens is 464 g/mol. The Morgan fingerprint density at radius 2 is 1.14 bits per heavy atom. The molecule has 0 bridgehead atoms. The molecule has 3 aromatic rings. The van der Waals surface area contributed by atoms with E-state index >= 15 is 0 Å². The van der Waals surface area contributed by atoms with E-state index in [1.54, 1.807) is 0 Å². The molecule has 0 spiro atoms. The van der Waals surface area contributed by atoms with Crippen molar-refractivity contribution in [2.45, 2.75) is 20.8 Å². The van der Waals surface area contributed by atoms with Crippen LogP contribution in [0.3, 0.4) is 0 Å².